The standard InChI is InChI=1S/C15H23NO3/c1-2-3-8-17-11-7-16-13-5-6-14-15(12-13)19-10-4-9-18-14/h5-6,12,16H,2-4,7-11H2,1H3. The van der Waals surface area contributed by atoms with Crippen molar-refractivity contribution in [2.45, 2.75) is 26.2 Å². The Labute approximate surface area is 115 Å². The van der Waals surface area contributed by atoms with Crippen LogP contribution in [0.5, 0.6) is 11.5 Å². The molecule has 4 heteroatoms. The molecule has 1 aliphatic rings. The van der Waals surface area contributed by atoms with Crippen LogP contribution >= 0.6 is 0 Å². The molecule has 0 bridgehead atoms. The number of rotatable bonds is 7. The Morgan fingerprint density at radius 1 is 1.16 bits per heavy atom. The van der Waals surface area contributed by atoms with Gasteiger partial charge in [-0.3, -0.25) is 0 Å². The highest BCUT2D eigenvalue weighted by Gasteiger charge is 2.10. The molecule has 0 aromatic heterocycles. The molecule has 4 nitrogen and oxygen atoms in total. The van der Waals surface area contributed by atoms with Crippen molar-refractivity contribution >= 4 is 5.69 Å². The molecule has 0 amide bonds. The lowest BCUT2D eigenvalue weighted by molar-refractivity contribution is 0.141. The molecule has 1 aliphatic heterocycles. The molecule has 1 N–H and O–H groups in total. The first-order chi connectivity index (χ1) is 9.40. The van der Waals surface area contributed by atoms with Crippen molar-refractivity contribution in [1.29, 1.82) is 0 Å². The number of unbranched alkanes of at least 4 members (excludes halogenated alkanes) is 1. The van der Waals surface area contributed by atoms with Crippen LogP contribution in [-0.2, 0) is 4.74 Å². The van der Waals surface area contributed by atoms with Gasteiger partial charge in [-0.05, 0) is 18.6 Å². The second kappa shape index (κ2) is 7.89. The monoisotopic (exact) mass is 265 g/mol. The van der Waals surface area contributed by atoms with Crippen molar-refractivity contribution in [3.63, 3.8) is 0 Å². The number of anilines is 1. The maximum Gasteiger partial charge on any atom is 0.163 e. The number of nitrogens with one attached hydrogen (secondary N) is 1. The summed E-state index contributed by atoms with van der Waals surface area (Å²) in [4.78, 5) is 0. The Hall–Kier alpha value is -1.42. The van der Waals surface area contributed by atoms with Gasteiger partial charge >= 0.3 is 0 Å². The van der Waals surface area contributed by atoms with Gasteiger partial charge in [-0.1, -0.05) is 13.3 Å². The van der Waals surface area contributed by atoms with Crippen LogP contribution < -0.4 is 14.8 Å². The summed E-state index contributed by atoms with van der Waals surface area (Å²) in [5, 5.41) is 3.33. The zero-order valence-corrected chi connectivity index (χ0v) is 11.6. The molecule has 0 atom stereocenters. The minimum Gasteiger partial charge on any atom is -0.490 e. The number of hydrogen-bond donors (Lipinski definition) is 1. The van der Waals surface area contributed by atoms with Gasteiger partial charge in [-0.25, -0.2) is 0 Å². The fourth-order valence-corrected chi connectivity index (χ4v) is 1.89. The Kier molecular flexibility index (Phi) is 5.82. The second-order valence-electron chi connectivity index (χ2n) is 4.60. The average Bonchev–Trinajstić information content (AvgIpc) is 2.67. The van der Waals surface area contributed by atoms with Gasteiger partial charge in [-0.2, -0.15) is 0 Å². The van der Waals surface area contributed by atoms with Crippen molar-refractivity contribution in [2.24, 2.45) is 0 Å². The van der Waals surface area contributed by atoms with Crippen molar-refractivity contribution in [2.75, 3.05) is 38.3 Å². The third-order valence-corrected chi connectivity index (χ3v) is 2.97. The normalized spacial score (nSPS) is 13.9. The van der Waals surface area contributed by atoms with Crippen LogP contribution in [0.4, 0.5) is 5.69 Å². The van der Waals surface area contributed by atoms with Gasteiger partial charge < -0.3 is 19.5 Å². The molecule has 0 unspecified atom stereocenters. The van der Waals surface area contributed by atoms with E-state index in [1.165, 1.54) is 6.42 Å². The van der Waals surface area contributed by atoms with Gasteiger partial charge in [0, 0.05) is 31.3 Å². The fourth-order valence-electron chi connectivity index (χ4n) is 1.89. The molecule has 0 fully saturated rings. The van der Waals surface area contributed by atoms with Gasteiger partial charge in [0.1, 0.15) is 0 Å². The average molecular weight is 265 g/mol. The van der Waals surface area contributed by atoms with E-state index in [1.54, 1.807) is 0 Å². The van der Waals surface area contributed by atoms with Crippen molar-refractivity contribution in [3.05, 3.63) is 18.2 Å². The van der Waals surface area contributed by atoms with E-state index in [4.69, 9.17) is 14.2 Å². The first kappa shape index (κ1) is 14.0. The van der Waals surface area contributed by atoms with E-state index >= 15 is 0 Å². The van der Waals surface area contributed by atoms with Crippen molar-refractivity contribution in [1.82, 2.24) is 0 Å². The topological polar surface area (TPSA) is 39.7 Å². The Morgan fingerprint density at radius 2 is 2.00 bits per heavy atom. The summed E-state index contributed by atoms with van der Waals surface area (Å²) in [6.07, 6.45) is 3.24. The van der Waals surface area contributed by atoms with E-state index in [0.717, 1.165) is 63.0 Å². The van der Waals surface area contributed by atoms with Crippen LogP contribution in [-0.4, -0.2) is 33.0 Å². The number of benzene rings is 1. The molecular formula is C15H23NO3. The minimum atomic E-state index is 0.719. The van der Waals surface area contributed by atoms with E-state index in [0.29, 0.717) is 0 Å². The smallest absolute Gasteiger partial charge is 0.163 e. The van der Waals surface area contributed by atoms with Crippen LogP contribution in [0.15, 0.2) is 18.2 Å². The van der Waals surface area contributed by atoms with Crippen LogP contribution in [0.2, 0.25) is 0 Å². The molecule has 1 aromatic rings. The lowest BCUT2D eigenvalue weighted by atomic mass is 10.2. The second-order valence-corrected chi connectivity index (χ2v) is 4.60. The summed E-state index contributed by atoms with van der Waals surface area (Å²) < 4.78 is 16.8. The highest BCUT2D eigenvalue weighted by atomic mass is 16.5. The molecule has 19 heavy (non-hydrogen) atoms. The molecule has 0 radical (unpaired) electrons. The van der Waals surface area contributed by atoms with Gasteiger partial charge in [0.15, 0.2) is 11.5 Å². The summed E-state index contributed by atoms with van der Waals surface area (Å²) in [5.41, 5.74) is 1.04. The first-order valence-electron chi connectivity index (χ1n) is 7.11. The molecule has 0 aliphatic carbocycles. The fraction of sp³-hybridized carbons (Fsp3) is 0.600. The molecule has 2 rings (SSSR count). The molecule has 0 saturated heterocycles. The van der Waals surface area contributed by atoms with Crippen molar-refractivity contribution in [3.8, 4) is 11.5 Å². The molecule has 1 aromatic carbocycles. The maximum absolute atomic E-state index is 5.65. The molecule has 1 heterocycles. The maximum atomic E-state index is 5.65. The summed E-state index contributed by atoms with van der Waals surface area (Å²) >= 11 is 0. The zero-order valence-electron chi connectivity index (χ0n) is 11.6. The van der Waals surface area contributed by atoms with Gasteiger partial charge in [0.25, 0.3) is 0 Å². The van der Waals surface area contributed by atoms with Crippen molar-refractivity contribution < 1.29 is 14.2 Å². The Balaban J connectivity index is 1.76. The largest absolute Gasteiger partial charge is 0.490 e. The third kappa shape index (κ3) is 4.63. The third-order valence-electron chi connectivity index (χ3n) is 2.97. The van der Waals surface area contributed by atoms with E-state index in [2.05, 4.69) is 12.2 Å². The van der Waals surface area contributed by atoms with E-state index in [1.807, 2.05) is 18.2 Å². The van der Waals surface area contributed by atoms with Gasteiger partial charge in [0.05, 0.1) is 19.8 Å². The summed E-state index contributed by atoms with van der Waals surface area (Å²) in [6, 6.07) is 5.97. The van der Waals surface area contributed by atoms with E-state index in [9.17, 15) is 0 Å². The van der Waals surface area contributed by atoms with Gasteiger partial charge in [0.2, 0.25) is 0 Å². The number of ether oxygens (including phenoxy) is 3. The Morgan fingerprint density at radius 3 is 2.84 bits per heavy atom. The van der Waals surface area contributed by atoms with Crippen LogP contribution in [0, 0.1) is 0 Å². The quantitative estimate of drug-likeness (QED) is 0.769. The first-order valence-corrected chi connectivity index (χ1v) is 7.11. The SMILES string of the molecule is CCCCOCCNc1ccc2c(c1)OCCCO2. The summed E-state index contributed by atoms with van der Waals surface area (Å²) in [6.45, 7) is 6.00. The summed E-state index contributed by atoms with van der Waals surface area (Å²) in [7, 11) is 0. The molecule has 0 spiro atoms. The van der Waals surface area contributed by atoms with Crippen LogP contribution in [0.3, 0.4) is 0 Å². The highest BCUT2D eigenvalue weighted by Crippen LogP contribution is 2.32. The van der Waals surface area contributed by atoms with Crippen LogP contribution in [0.25, 0.3) is 0 Å². The molecular weight excluding hydrogens is 242 g/mol. The lowest BCUT2D eigenvalue weighted by Crippen LogP contribution is -2.10. The predicted octanol–water partition coefficient (Wildman–Crippen LogP) is 3.08. The summed E-state index contributed by atoms with van der Waals surface area (Å²) in [5.74, 6) is 1.66. The van der Waals surface area contributed by atoms with Gasteiger partial charge in [-0.15, -0.1) is 0 Å². The lowest BCUT2D eigenvalue weighted by Gasteiger charge is -2.11. The molecule has 0 saturated carbocycles. The highest BCUT2D eigenvalue weighted by molar-refractivity contribution is 5.54. The predicted molar refractivity (Wildman–Crippen MR) is 76.3 cm³/mol. The van der Waals surface area contributed by atoms with E-state index < -0.39 is 0 Å². The minimum absolute atomic E-state index is 0.719. The number of fused-ring (bicyclic) bond motifs is 1. The molecule has 106 valence electrons. The number of hydrogen-bond acceptors (Lipinski definition) is 4. The zero-order chi connectivity index (χ0) is 13.3. The Bertz CT molecular complexity index is 382. The van der Waals surface area contributed by atoms with Crippen LogP contribution in [0.1, 0.15) is 26.2 Å². The van der Waals surface area contributed by atoms with E-state index in [-0.39, 0.29) is 0 Å².